The minimum atomic E-state index is -0.884. The van der Waals surface area contributed by atoms with Gasteiger partial charge in [0.25, 0.3) is 5.91 Å². The lowest BCUT2D eigenvalue weighted by atomic mass is 10.1. The molecule has 3 rings (SSSR count). The molecule has 0 aliphatic carbocycles. The topological polar surface area (TPSA) is 98.7 Å². The molecule has 3 amide bonds. The summed E-state index contributed by atoms with van der Waals surface area (Å²) in [5.74, 6) is -0.804. The summed E-state index contributed by atoms with van der Waals surface area (Å²) in [7, 11) is 0. The summed E-state index contributed by atoms with van der Waals surface area (Å²) in [5, 5.41) is 14.5. The molecule has 7 heteroatoms. The lowest BCUT2D eigenvalue weighted by Gasteiger charge is -2.33. The predicted molar refractivity (Wildman–Crippen MR) is 81.6 cm³/mol. The van der Waals surface area contributed by atoms with E-state index in [1.807, 2.05) is 19.1 Å². The molecule has 0 radical (unpaired) electrons. The molecular weight excluding hydrogens is 298 g/mol. The van der Waals surface area contributed by atoms with Crippen LogP contribution in [0.3, 0.4) is 0 Å². The summed E-state index contributed by atoms with van der Waals surface area (Å²) < 4.78 is 0. The minimum Gasteiger partial charge on any atom is -0.394 e. The number of fused-ring (bicyclic) bond motifs is 1. The summed E-state index contributed by atoms with van der Waals surface area (Å²) in [5.41, 5.74) is 1.61. The number of aryl methyl sites for hydroxylation is 1. The molecule has 1 aromatic rings. The van der Waals surface area contributed by atoms with Crippen LogP contribution in [-0.4, -0.2) is 59.0 Å². The lowest BCUT2D eigenvalue weighted by Crippen LogP contribution is -2.62. The zero-order chi connectivity index (χ0) is 16.6. The van der Waals surface area contributed by atoms with E-state index in [9.17, 15) is 14.4 Å². The third-order valence-electron chi connectivity index (χ3n) is 4.33. The zero-order valence-electron chi connectivity index (χ0n) is 12.8. The number of amides is 3. The van der Waals surface area contributed by atoms with Crippen molar-refractivity contribution in [3.8, 4) is 0 Å². The molecule has 0 saturated carbocycles. The van der Waals surface area contributed by atoms with Crippen LogP contribution in [0.25, 0.3) is 0 Å². The SMILES string of the molecule is Cc1ccc(C(=O)N[C@H]2C[C@H]3C(=O)N[C@@H](CO)C(=O)N3C2)cc1. The van der Waals surface area contributed by atoms with Crippen LogP contribution >= 0.6 is 0 Å². The summed E-state index contributed by atoms with van der Waals surface area (Å²) in [4.78, 5) is 37.9. The molecule has 3 N–H and O–H groups in total. The van der Waals surface area contributed by atoms with Gasteiger partial charge in [0.05, 0.1) is 6.61 Å². The highest BCUT2D eigenvalue weighted by Crippen LogP contribution is 2.23. The van der Waals surface area contributed by atoms with Crippen molar-refractivity contribution >= 4 is 17.7 Å². The van der Waals surface area contributed by atoms with Gasteiger partial charge in [-0.2, -0.15) is 0 Å². The number of hydrogen-bond donors (Lipinski definition) is 3. The maximum atomic E-state index is 12.2. The van der Waals surface area contributed by atoms with Crippen LogP contribution in [0, 0.1) is 6.92 Å². The van der Waals surface area contributed by atoms with Crippen LogP contribution in [0.1, 0.15) is 22.3 Å². The number of nitrogens with one attached hydrogen (secondary N) is 2. The van der Waals surface area contributed by atoms with E-state index in [0.29, 0.717) is 12.0 Å². The van der Waals surface area contributed by atoms with Gasteiger partial charge in [0.15, 0.2) is 0 Å². The molecule has 7 nitrogen and oxygen atoms in total. The number of benzene rings is 1. The van der Waals surface area contributed by atoms with Gasteiger partial charge in [-0.1, -0.05) is 17.7 Å². The average Bonchev–Trinajstić information content (AvgIpc) is 2.96. The first-order valence-corrected chi connectivity index (χ1v) is 7.59. The van der Waals surface area contributed by atoms with Gasteiger partial charge in [-0.25, -0.2) is 0 Å². The van der Waals surface area contributed by atoms with Crippen LogP contribution < -0.4 is 10.6 Å². The number of hydrogen-bond acceptors (Lipinski definition) is 4. The standard InChI is InChI=1S/C16H19N3O4/c1-9-2-4-10(5-3-9)14(21)17-11-6-13-15(22)18-12(8-20)16(23)19(13)7-11/h2-5,11-13,20H,6-8H2,1H3,(H,17,21)(H,18,22)/t11-,12-,13-/m0/s1. The second-order valence-corrected chi connectivity index (χ2v) is 6.02. The van der Waals surface area contributed by atoms with Crippen LogP contribution in [-0.2, 0) is 9.59 Å². The third-order valence-corrected chi connectivity index (χ3v) is 4.33. The number of aliphatic hydroxyl groups excluding tert-OH is 1. The number of aliphatic hydroxyl groups is 1. The van der Waals surface area contributed by atoms with Crippen molar-refractivity contribution in [3.05, 3.63) is 35.4 Å². The second kappa shape index (κ2) is 6.00. The Morgan fingerprint density at radius 1 is 1.35 bits per heavy atom. The summed E-state index contributed by atoms with van der Waals surface area (Å²) >= 11 is 0. The van der Waals surface area contributed by atoms with Gasteiger partial charge in [-0.15, -0.1) is 0 Å². The molecule has 2 heterocycles. The lowest BCUT2D eigenvalue weighted by molar-refractivity contribution is -0.148. The Kier molecular flexibility index (Phi) is 4.04. The quantitative estimate of drug-likeness (QED) is 0.679. The first-order chi connectivity index (χ1) is 11.0. The Bertz CT molecular complexity index is 643. The van der Waals surface area contributed by atoms with Crippen LogP contribution in [0.2, 0.25) is 0 Å². The van der Waals surface area contributed by atoms with Gasteiger partial charge < -0.3 is 20.6 Å². The Morgan fingerprint density at radius 3 is 2.70 bits per heavy atom. The monoisotopic (exact) mass is 317 g/mol. The fraction of sp³-hybridized carbons (Fsp3) is 0.438. The molecule has 0 bridgehead atoms. The molecular formula is C16H19N3O4. The molecule has 0 aromatic heterocycles. The number of nitrogens with zero attached hydrogens (tertiary/aromatic N) is 1. The predicted octanol–water partition coefficient (Wildman–Crippen LogP) is -0.815. The van der Waals surface area contributed by atoms with Crippen molar-refractivity contribution in [1.29, 1.82) is 0 Å². The Labute approximate surface area is 133 Å². The van der Waals surface area contributed by atoms with Gasteiger partial charge in [-0.3, -0.25) is 14.4 Å². The molecule has 0 spiro atoms. The maximum absolute atomic E-state index is 12.2. The summed E-state index contributed by atoms with van der Waals surface area (Å²) in [6, 6.07) is 5.46. The number of rotatable bonds is 3. The Balaban J connectivity index is 1.67. The molecule has 3 atom stereocenters. The van der Waals surface area contributed by atoms with Crippen molar-refractivity contribution in [3.63, 3.8) is 0 Å². The van der Waals surface area contributed by atoms with Gasteiger partial charge in [0.2, 0.25) is 11.8 Å². The van der Waals surface area contributed by atoms with E-state index in [1.165, 1.54) is 4.90 Å². The van der Waals surface area contributed by atoms with Crippen LogP contribution in [0.4, 0.5) is 0 Å². The smallest absolute Gasteiger partial charge is 0.251 e. The van der Waals surface area contributed by atoms with Crippen LogP contribution in [0.15, 0.2) is 24.3 Å². The van der Waals surface area contributed by atoms with E-state index >= 15 is 0 Å². The summed E-state index contributed by atoms with van der Waals surface area (Å²) in [6.45, 7) is 1.80. The molecule has 1 aromatic carbocycles. The van der Waals surface area contributed by atoms with E-state index < -0.39 is 18.7 Å². The first-order valence-electron chi connectivity index (χ1n) is 7.59. The Hall–Kier alpha value is -2.41. The van der Waals surface area contributed by atoms with Crippen molar-refractivity contribution in [2.75, 3.05) is 13.2 Å². The van der Waals surface area contributed by atoms with Crippen molar-refractivity contribution < 1.29 is 19.5 Å². The normalized spacial score (nSPS) is 26.7. The third kappa shape index (κ3) is 2.92. The van der Waals surface area contributed by atoms with Gasteiger partial charge in [0.1, 0.15) is 12.1 Å². The molecule has 2 fully saturated rings. The number of carbonyl (C=O) groups excluding carboxylic acids is 3. The van der Waals surface area contributed by atoms with Crippen LogP contribution in [0.5, 0.6) is 0 Å². The van der Waals surface area contributed by atoms with Crippen molar-refractivity contribution in [2.45, 2.75) is 31.5 Å². The van der Waals surface area contributed by atoms with Gasteiger partial charge in [-0.05, 0) is 25.5 Å². The fourth-order valence-electron chi connectivity index (χ4n) is 3.06. The largest absolute Gasteiger partial charge is 0.394 e. The first kappa shape index (κ1) is 15.5. The van der Waals surface area contributed by atoms with Gasteiger partial charge >= 0.3 is 0 Å². The highest BCUT2D eigenvalue weighted by atomic mass is 16.3. The van der Waals surface area contributed by atoms with E-state index in [0.717, 1.165) is 5.56 Å². The van der Waals surface area contributed by atoms with Crippen molar-refractivity contribution in [2.24, 2.45) is 0 Å². The number of carbonyl (C=O) groups is 3. The van der Waals surface area contributed by atoms with E-state index in [-0.39, 0.29) is 30.3 Å². The number of piperazine rings is 1. The fourth-order valence-corrected chi connectivity index (χ4v) is 3.06. The van der Waals surface area contributed by atoms with Gasteiger partial charge in [0, 0.05) is 18.2 Å². The summed E-state index contributed by atoms with van der Waals surface area (Å²) in [6.07, 6.45) is 0.382. The minimum absolute atomic E-state index is 0.221. The highest BCUT2D eigenvalue weighted by Gasteiger charge is 2.46. The van der Waals surface area contributed by atoms with Crippen molar-refractivity contribution in [1.82, 2.24) is 15.5 Å². The molecule has 2 aliphatic rings. The molecule has 23 heavy (non-hydrogen) atoms. The second-order valence-electron chi connectivity index (χ2n) is 6.02. The van der Waals surface area contributed by atoms with E-state index in [4.69, 9.17) is 5.11 Å². The van der Waals surface area contributed by atoms with E-state index in [2.05, 4.69) is 10.6 Å². The van der Waals surface area contributed by atoms with E-state index in [1.54, 1.807) is 12.1 Å². The Morgan fingerprint density at radius 2 is 2.04 bits per heavy atom. The average molecular weight is 317 g/mol. The zero-order valence-corrected chi connectivity index (χ0v) is 12.8. The maximum Gasteiger partial charge on any atom is 0.251 e. The highest BCUT2D eigenvalue weighted by molar-refractivity contribution is 5.98. The molecule has 2 aliphatic heterocycles. The molecule has 122 valence electrons. The molecule has 0 unspecified atom stereocenters. The molecule has 2 saturated heterocycles.